The molecule has 0 unspecified atom stereocenters. The minimum Gasteiger partial charge on any atom is -0.497 e. The van der Waals surface area contributed by atoms with Crippen molar-refractivity contribution in [2.75, 3.05) is 20.0 Å². The monoisotopic (exact) mass is 980 g/mol. The molecule has 0 aliphatic rings. The van der Waals surface area contributed by atoms with Crippen LogP contribution in [-0.2, 0) is 18.6 Å². The number of anilines is 1. The fourth-order valence-corrected chi connectivity index (χ4v) is 4.25. The minimum atomic E-state index is 0. The van der Waals surface area contributed by atoms with Crippen molar-refractivity contribution in [3.05, 3.63) is 47.2 Å². The molecule has 0 amide bonds. The number of aromatic nitrogens is 2. The van der Waals surface area contributed by atoms with Crippen LogP contribution in [0.4, 0.5) is 5.13 Å². The smallest absolute Gasteiger partial charge is 0.181 e. The number of nitriles is 1. The number of thiazole rings is 2. The summed E-state index contributed by atoms with van der Waals surface area (Å²) >= 11 is 13.7. The van der Waals surface area contributed by atoms with E-state index in [1.54, 1.807) is 31.6 Å². The molecule has 4 rings (SSSR count). The molecule has 2 heterocycles. The van der Waals surface area contributed by atoms with Gasteiger partial charge in [0.15, 0.2) is 9.05 Å². The number of fused-ring (bicyclic) bond motifs is 2. The maximum absolute atomic E-state index is 7.32. The minimum absolute atomic E-state index is 0. The van der Waals surface area contributed by atoms with E-state index in [0.29, 0.717) is 4.57 Å². The largest absolute Gasteiger partial charge is 0.497 e. The summed E-state index contributed by atoms with van der Waals surface area (Å²) < 4.78 is 13.7. The molecule has 0 fully saturated rings. The summed E-state index contributed by atoms with van der Waals surface area (Å²) in [7, 11) is 3.31. The van der Waals surface area contributed by atoms with Gasteiger partial charge in [0.25, 0.3) is 0 Å². The van der Waals surface area contributed by atoms with E-state index in [-0.39, 0.29) is 18.6 Å². The Kier molecular flexibility index (Phi) is 23.6. The van der Waals surface area contributed by atoms with Crippen molar-refractivity contribution in [2.24, 2.45) is 0 Å². The third-order valence-corrected chi connectivity index (χ3v) is 8.19. The zero-order chi connectivity index (χ0) is 27.7. The van der Waals surface area contributed by atoms with Gasteiger partial charge in [0, 0.05) is 25.5 Å². The molecule has 37 heavy (non-hydrogen) atoms. The van der Waals surface area contributed by atoms with Crippen LogP contribution < -0.4 is 15.2 Å². The first-order valence-corrected chi connectivity index (χ1v) is 16.1. The maximum atomic E-state index is 7.32. The van der Waals surface area contributed by atoms with Crippen LogP contribution in [0.2, 0.25) is 0 Å². The quantitative estimate of drug-likeness (QED) is 0.125. The van der Waals surface area contributed by atoms with Gasteiger partial charge in [-0.3, -0.25) is 0 Å². The van der Waals surface area contributed by atoms with E-state index in [4.69, 9.17) is 20.5 Å². The Hall–Kier alpha value is 0.364. The number of ether oxygens (including phenoxy) is 2. The number of nitrogen functional groups attached to an aromatic ring is 1. The molecular weight excluding hydrogens is 952 g/mol. The van der Waals surface area contributed by atoms with E-state index in [1.807, 2.05) is 43.3 Å². The zero-order valence-electron chi connectivity index (χ0n) is 21.1. The Labute approximate surface area is 289 Å². The molecule has 203 valence electrons. The summed E-state index contributed by atoms with van der Waals surface area (Å²) in [5.74, 6) is 1.71. The number of halogens is 4. The summed E-state index contributed by atoms with van der Waals surface area (Å²) in [4.78, 5) is 8.40. The Bertz CT molecular complexity index is 1130. The number of nitrogens with zero attached hydrogens (tertiary/aromatic N) is 3. The van der Waals surface area contributed by atoms with Gasteiger partial charge in [-0.05, 0) is 58.7 Å². The van der Waals surface area contributed by atoms with Crippen molar-refractivity contribution >= 4 is 132 Å². The average Bonchev–Trinajstić information content (AvgIpc) is 3.39. The fraction of sp³-hybridized carbons (Fsp3) is 0.333. The summed E-state index contributed by atoms with van der Waals surface area (Å²) in [6, 6.07) is 13.3. The third kappa shape index (κ3) is 17.6. The molecule has 0 saturated heterocycles. The Morgan fingerprint density at radius 3 is 1.76 bits per heavy atom. The van der Waals surface area contributed by atoms with Gasteiger partial charge in [0.1, 0.15) is 10.9 Å². The fourth-order valence-electron chi connectivity index (χ4n) is 2.05. The summed E-state index contributed by atoms with van der Waals surface area (Å²) in [6.45, 7) is 9.12. The standard InChI is InChI=1S/C8H6BrNOS.C8H8N2OS.C3H5I3.C3H7.C2H3N.V/c2*1-11-5-2-3-6-7(4-5)12-8(9)10-6;1-2-3(4,5)6;1-3-2;1-2-3;/h2-4H,1H3;2-4H,1H3,(H2,9,10);2H2,1H3;1,3H2,2H3;1H3;/q;;;-1;;. The number of alkyl halides is 3. The Morgan fingerprint density at radius 1 is 1.00 bits per heavy atom. The van der Waals surface area contributed by atoms with Gasteiger partial charge in [0.2, 0.25) is 0 Å². The van der Waals surface area contributed by atoms with Gasteiger partial charge in [0.05, 0.1) is 40.7 Å². The van der Waals surface area contributed by atoms with Gasteiger partial charge < -0.3 is 22.1 Å². The van der Waals surface area contributed by atoms with Gasteiger partial charge in [-0.1, -0.05) is 93.0 Å². The summed E-state index contributed by atoms with van der Waals surface area (Å²) in [5, 5.41) is 7.92. The molecule has 2 aromatic carbocycles. The number of hydrogen-bond donors (Lipinski definition) is 1. The summed E-state index contributed by atoms with van der Waals surface area (Å²) in [5.41, 5.74) is 7.48. The summed E-state index contributed by atoms with van der Waals surface area (Å²) in [6.07, 6.45) is 2.23. The van der Waals surface area contributed by atoms with Crippen molar-refractivity contribution in [3.8, 4) is 17.6 Å². The molecule has 6 nitrogen and oxygen atoms in total. The first kappa shape index (κ1) is 39.5. The van der Waals surface area contributed by atoms with Crippen LogP contribution in [0.5, 0.6) is 11.5 Å². The predicted molar refractivity (Wildman–Crippen MR) is 186 cm³/mol. The maximum Gasteiger partial charge on any atom is 0.181 e. The second kappa shape index (κ2) is 22.1. The topological polar surface area (TPSA) is 94.0 Å². The molecule has 2 aromatic heterocycles. The van der Waals surface area contributed by atoms with Crippen LogP contribution in [0, 0.1) is 18.3 Å². The van der Waals surface area contributed by atoms with Crippen LogP contribution in [0.15, 0.2) is 40.3 Å². The van der Waals surface area contributed by atoms with Crippen molar-refractivity contribution in [2.45, 2.75) is 33.0 Å². The number of nitrogens with two attached hydrogens (primary N) is 1. The SMILES string of the molecule is CC#N.CCC(I)(I)I.COc1ccc2nc(Br)sc2c1.COc1ccc2nc(N)sc2c1.[CH2-]CC.[V]. The van der Waals surface area contributed by atoms with Crippen molar-refractivity contribution < 1.29 is 28.0 Å². The molecule has 0 atom stereocenters. The number of hydrogen-bond acceptors (Lipinski definition) is 8. The number of methoxy groups -OCH3 is 2. The molecule has 2 N–H and O–H groups in total. The number of rotatable bonds is 3. The van der Waals surface area contributed by atoms with E-state index in [1.165, 1.54) is 24.7 Å². The van der Waals surface area contributed by atoms with Crippen LogP contribution >= 0.6 is 106 Å². The molecule has 0 spiro atoms. The first-order chi connectivity index (χ1) is 17.0. The molecular formula is C24H29BrI3N4O2S2V-. The van der Waals surface area contributed by atoms with E-state index in [2.05, 4.69) is 108 Å². The third-order valence-electron chi connectivity index (χ3n) is 3.58. The van der Waals surface area contributed by atoms with Crippen LogP contribution in [0.25, 0.3) is 20.4 Å². The van der Waals surface area contributed by atoms with E-state index in [0.717, 1.165) is 42.3 Å². The normalized spacial score (nSPS) is 9.43. The van der Waals surface area contributed by atoms with Gasteiger partial charge in [-0.2, -0.15) is 11.7 Å². The van der Waals surface area contributed by atoms with E-state index >= 15 is 0 Å². The molecule has 13 heteroatoms. The molecule has 1 radical (unpaired) electrons. The Morgan fingerprint density at radius 2 is 1.38 bits per heavy atom. The molecule has 0 aliphatic carbocycles. The van der Waals surface area contributed by atoms with Gasteiger partial charge >= 0.3 is 0 Å². The van der Waals surface area contributed by atoms with Crippen molar-refractivity contribution in [1.29, 1.82) is 5.26 Å². The van der Waals surface area contributed by atoms with Gasteiger partial charge in [-0.25, -0.2) is 9.97 Å². The second-order valence-electron chi connectivity index (χ2n) is 6.38. The van der Waals surface area contributed by atoms with Gasteiger partial charge in [-0.15, -0.1) is 11.3 Å². The molecule has 0 bridgehead atoms. The van der Waals surface area contributed by atoms with E-state index in [9.17, 15) is 0 Å². The first-order valence-electron chi connectivity index (χ1n) is 10.4. The molecule has 4 aromatic rings. The van der Waals surface area contributed by atoms with E-state index < -0.39 is 0 Å². The van der Waals surface area contributed by atoms with Crippen molar-refractivity contribution in [1.82, 2.24) is 9.97 Å². The van der Waals surface area contributed by atoms with Crippen molar-refractivity contribution in [3.63, 3.8) is 0 Å². The molecule has 0 aliphatic heterocycles. The van der Waals surface area contributed by atoms with Crippen LogP contribution in [0.3, 0.4) is 0 Å². The average molecular weight is 981 g/mol. The van der Waals surface area contributed by atoms with Crippen LogP contribution in [-0.4, -0.2) is 23.6 Å². The molecule has 0 saturated carbocycles. The Balaban J connectivity index is 0. The number of benzene rings is 2. The predicted octanol–water partition coefficient (Wildman–Crippen LogP) is 10.1. The zero-order valence-corrected chi connectivity index (χ0v) is 32.2. The van der Waals surface area contributed by atoms with Crippen LogP contribution in [0.1, 0.15) is 33.6 Å². The second-order valence-corrected chi connectivity index (χ2v) is 21.5.